The molecule has 2 aromatic rings. The molecule has 7 heteroatoms. The zero-order chi connectivity index (χ0) is 19.5. The Kier molecular flexibility index (Phi) is 8.14. The van der Waals surface area contributed by atoms with Gasteiger partial charge >= 0.3 is 0 Å². The molecule has 6 nitrogen and oxygen atoms in total. The minimum Gasteiger partial charge on any atom is -0.492 e. The average molecular weight is 386 g/mol. The summed E-state index contributed by atoms with van der Waals surface area (Å²) in [7, 11) is 0. The van der Waals surface area contributed by atoms with Gasteiger partial charge in [-0.25, -0.2) is 0 Å². The number of nitriles is 1. The zero-order valence-corrected chi connectivity index (χ0v) is 15.5. The van der Waals surface area contributed by atoms with Gasteiger partial charge in [0, 0.05) is 18.7 Å². The first kappa shape index (κ1) is 20.3. The van der Waals surface area contributed by atoms with Crippen LogP contribution in [0.5, 0.6) is 5.75 Å². The van der Waals surface area contributed by atoms with Crippen LogP contribution in [0.4, 0.5) is 5.69 Å². The van der Waals surface area contributed by atoms with E-state index in [1.807, 2.05) is 24.3 Å². The van der Waals surface area contributed by atoms with Gasteiger partial charge in [-0.1, -0.05) is 41.9 Å². The molecule has 0 unspecified atom stereocenters. The van der Waals surface area contributed by atoms with Crippen molar-refractivity contribution in [2.75, 3.05) is 11.9 Å². The van der Waals surface area contributed by atoms with Crippen molar-refractivity contribution in [3.05, 3.63) is 59.1 Å². The van der Waals surface area contributed by atoms with Crippen molar-refractivity contribution in [3.8, 4) is 11.8 Å². The van der Waals surface area contributed by atoms with Gasteiger partial charge in [-0.2, -0.15) is 5.26 Å². The SMILES string of the molecule is N#CCC(=O)Nc1ccccc1CNC(=O)CCCOc1ccccc1Cl. The lowest BCUT2D eigenvalue weighted by molar-refractivity contribution is -0.121. The van der Waals surface area contributed by atoms with Crippen LogP contribution in [-0.4, -0.2) is 18.4 Å². The largest absolute Gasteiger partial charge is 0.492 e. The van der Waals surface area contributed by atoms with Crippen molar-refractivity contribution < 1.29 is 14.3 Å². The lowest BCUT2D eigenvalue weighted by Crippen LogP contribution is -2.24. The van der Waals surface area contributed by atoms with Gasteiger partial charge in [0.25, 0.3) is 0 Å². The van der Waals surface area contributed by atoms with Crippen LogP contribution >= 0.6 is 11.6 Å². The number of ether oxygens (including phenoxy) is 1. The molecule has 2 aromatic carbocycles. The first-order chi connectivity index (χ1) is 13.1. The Morgan fingerprint density at radius 3 is 2.59 bits per heavy atom. The number of hydrogen-bond donors (Lipinski definition) is 2. The van der Waals surface area contributed by atoms with E-state index in [0.717, 1.165) is 5.56 Å². The predicted octanol–water partition coefficient (Wildman–Crippen LogP) is 3.67. The van der Waals surface area contributed by atoms with E-state index in [1.54, 1.807) is 30.3 Å². The van der Waals surface area contributed by atoms with E-state index in [1.165, 1.54) is 0 Å². The van der Waals surface area contributed by atoms with Crippen LogP contribution in [0, 0.1) is 11.3 Å². The van der Waals surface area contributed by atoms with Crippen LogP contribution in [0.2, 0.25) is 5.02 Å². The number of halogens is 1. The molecule has 0 aliphatic heterocycles. The molecule has 0 spiro atoms. The van der Waals surface area contributed by atoms with Crippen molar-refractivity contribution in [3.63, 3.8) is 0 Å². The summed E-state index contributed by atoms with van der Waals surface area (Å²) < 4.78 is 5.55. The monoisotopic (exact) mass is 385 g/mol. The maximum Gasteiger partial charge on any atom is 0.238 e. The van der Waals surface area contributed by atoms with Gasteiger partial charge in [-0.15, -0.1) is 0 Å². The highest BCUT2D eigenvalue weighted by molar-refractivity contribution is 6.32. The Labute approximate surface area is 163 Å². The number of benzene rings is 2. The standard InChI is InChI=1S/C20H20ClN3O3/c21-16-7-2-4-9-18(16)27-13-5-10-19(25)23-14-15-6-1-3-8-17(15)24-20(26)11-12-22/h1-4,6-9H,5,10-11,13-14H2,(H,23,25)(H,24,26). The maximum atomic E-state index is 12.0. The number of amides is 2. The molecule has 0 aromatic heterocycles. The molecule has 0 saturated carbocycles. The van der Waals surface area contributed by atoms with Crippen LogP contribution in [0.15, 0.2) is 48.5 Å². The summed E-state index contributed by atoms with van der Waals surface area (Å²) >= 11 is 6.00. The van der Waals surface area contributed by atoms with Crippen molar-refractivity contribution in [2.24, 2.45) is 0 Å². The first-order valence-electron chi connectivity index (χ1n) is 8.49. The second kappa shape index (κ2) is 10.8. The molecule has 0 aliphatic rings. The third-order valence-corrected chi connectivity index (χ3v) is 3.96. The average Bonchev–Trinajstić information content (AvgIpc) is 2.66. The third-order valence-electron chi connectivity index (χ3n) is 3.65. The number of hydrogen-bond acceptors (Lipinski definition) is 4. The Bertz CT molecular complexity index is 833. The van der Waals surface area contributed by atoms with Gasteiger partial charge in [-0.3, -0.25) is 9.59 Å². The first-order valence-corrected chi connectivity index (χ1v) is 8.86. The highest BCUT2D eigenvalue weighted by atomic mass is 35.5. The highest BCUT2D eigenvalue weighted by Crippen LogP contribution is 2.23. The smallest absolute Gasteiger partial charge is 0.238 e. The quantitative estimate of drug-likeness (QED) is 0.644. The van der Waals surface area contributed by atoms with E-state index in [9.17, 15) is 9.59 Å². The highest BCUT2D eigenvalue weighted by Gasteiger charge is 2.08. The van der Waals surface area contributed by atoms with Crippen LogP contribution in [-0.2, 0) is 16.1 Å². The molecule has 2 N–H and O–H groups in total. The molecule has 0 atom stereocenters. The van der Waals surface area contributed by atoms with Crippen LogP contribution < -0.4 is 15.4 Å². The Morgan fingerprint density at radius 1 is 1.07 bits per heavy atom. The number of carbonyl (C=O) groups is 2. The molecular formula is C20H20ClN3O3. The molecule has 0 bridgehead atoms. The molecule has 2 amide bonds. The van der Waals surface area contributed by atoms with Crippen LogP contribution in [0.3, 0.4) is 0 Å². The fraction of sp³-hybridized carbons (Fsp3) is 0.250. The second-order valence-corrected chi connectivity index (χ2v) is 6.11. The minimum atomic E-state index is -0.381. The van der Waals surface area contributed by atoms with E-state index in [4.69, 9.17) is 21.6 Å². The number of carbonyl (C=O) groups excluding carboxylic acids is 2. The second-order valence-electron chi connectivity index (χ2n) is 5.70. The van der Waals surface area contributed by atoms with Gasteiger partial charge in [-0.05, 0) is 30.2 Å². The Balaban J connectivity index is 1.75. The normalized spacial score (nSPS) is 9.93. The number of anilines is 1. The summed E-state index contributed by atoms with van der Waals surface area (Å²) in [5, 5.41) is 14.6. The molecule has 2 rings (SSSR count). The van der Waals surface area contributed by atoms with Crippen molar-refractivity contribution in [2.45, 2.75) is 25.8 Å². The van der Waals surface area contributed by atoms with Gasteiger partial charge < -0.3 is 15.4 Å². The molecule has 0 heterocycles. The van der Waals surface area contributed by atoms with Crippen LogP contribution in [0.1, 0.15) is 24.8 Å². The van der Waals surface area contributed by atoms with Gasteiger partial charge in [0.15, 0.2) is 0 Å². The van der Waals surface area contributed by atoms with Gasteiger partial charge in [0.2, 0.25) is 11.8 Å². The summed E-state index contributed by atoms with van der Waals surface area (Å²) in [6, 6.07) is 16.1. The maximum absolute atomic E-state index is 12.0. The van der Waals surface area contributed by atoms with Crippen molar-refractivity contribution in [1.82, 2.24) is 5.32 Å². The van der Waals surface area contributed by atoms with Gasteiger partial charge in [0.05, 0.1) is 17.7 Å². The van der Waals surface area contributed by atoms with Crippen LogP contribution in [0.25, 0.3) is 0 Å². The topological polar surface area (TPSA) is 91.2 Å². The fourth-order valence-corrected chi connectivity index (χ4v) is 2.51. The summed E-state index contributed by atoms with van der Waals surface area (Å²) in [6.07, 6.45) is 0.650. The van der Waals surface area contributed by atoms with E-state index in [2.05, 4.69) is 10.6 Å². The molecule has 27 heavy (non-hydrogen) atoms. The molecule has 0 radical (unpaired) electrons. The number of nitrogens with zero attached hydrogens (tertiary/aromatic N) is 1. The lowest BCUT2D eigenvalue weighted by Gasteiger charge is -2.11. The van der Waals surface area contributed by atoms with Crippen molar-refractivity contribution in [1.29, 1.82) is 5.26 Å². The van der Waals surface area contributed by atoms with Crippen molar-refractivity contribution >= 4 is 29.1 Å². The number of nitrogens with one attached hydrogen (secondary N) is 2. The molecular weight excluding hydrogens is 366 g/mol. The van der Waals surface area contributed by atoms with E-state index in [0.29, 0.717) is 35.9 Å². The van der Waals surface area contributed by atoms with Gasteiger partial charge in [0.1, 0.15) is 12.2 Å². The summed E-state index contributed by atoms with van der Waals surface area (Å²) in [5.74, 6) is 0.102. The van der Waals surface area contributed by atoms with E-state index >= 15 is 0 Å². The summed E-state index contributed by atoms with van der Waals surface area (Å²) in [4.78, 5) is 23.6. The number of para-hydroxylation sites is 2. The van der Waals surface area contributed by atoms with E-state index in [-0.39, 0.29) is 24.8 Å². The molecule has 140 valence electrons. The summed E-state index contributed by atoms with van der Waals surface area (Å²) in [6.45, 7) is 0.672. The Morgan fingerprint density at radius 2 is 1.81 bits per heavy atom. The van der Waals surface area contributed by atoms with E-state index < -0.39 is 0 Å². The fourth-order valence-electron chi connectivity index (χ4n) is 2.32. The summed E-state index contributed by atoms with van der Waals surface area (Å²) in [5.41, 5.74) is 1.35. The molecule has 0 aliphatic carbocycles. The number of rotatable bonds is 9. The molecule has 0 fully saturated rings. The Hall–Kier alpha value is -3.04. The molecule has 0 saturated heterocycles. The lowest BCUT2D eigenvalue weighted by atomic mass is 10.1. The predicted molar refractivity (Wildman–Crippen MR) is 103 cm³/mol. The third kappa shape index (κ3) is 7.00. The zero-order valence-electron chi connectivity index (χ0n) is 14.7. The minimum absolute atomic E-state index is 0.115.